The Morgan fingerprint density at radius 1 is 1.50 bits per heavy atom. The van der Waals surface area contributed by atoms with E-state index in [9.17, 15) is 13.2 Å². The molecule has 0 aliphatic rings. The van der Waals surface area contributed by atoms with Gasteiger partial charge < -0.3 is 5.32 Å². The first-order valence-electron chi connectivity index (χ1n) is 5.13. The Balaban J connectivity index is 2.97. The van der Waals surface area contributed by atoms with Crippen molar-refractivity contribution in [2.24, 2.45) is 0 Å². The highest BCUT2D eigenvalue weighted by atomic mass is 32.2. The highest BCUT2D eigenvalue weighted by Gasteiger charge is 2.33. The van der Waals surface area contributed by atoms with Crippen molar-refractivity contribution in [3.8, 4) is 6.07 Å². The van der Waals surface area contributed by atoms with E-state index >= 15 is 0 Å². The van der Waals surface area contributed by atoms with Crippen LogP contribution in [0.15, 0.2) is 12.1 Å². The third kappa shape index (κ3) is 3.81. The molecule has 0 bridgehead atoms. The molecule has 1 aromatic rings. The summed E-state index contributed by atoms with van der Waals surface area (Å²) in [6.07, 6.45) is -2.60. The molecule has 0 aliphatic carbocycles. The standard InChI is InChI=1S/C11H12F3N3S/c1-7(18-2)6-16-10-8(5-15)3-4-9(17-10)11(12,13)14/h3-4,7H,6H2,1-2H3,(H,16,17). The molecule has 0 radical (unpaired) electrons. The van der Waals surface area contributed by atoms with Crippen LogP contribution in [0.3, 0.4) is 0 Å². The summed E-state index contributed by atoms with van der Waals surface area (Å²) >= 11 is 1.57. The molecule has 0 fully saturated rings. The fourth-order valence-corrected chi connectivity index (χ4v) is 1.42. The average molecular weight is 275 g/mol. The number of halogens is 3. The molecule has 0 amide bonds. The number of anilines is 1. The van der Waals surface area contributed by atoms with Crippen molar-refractivity contribution in [3.05, 3.63) is 23.4 Å². The Bertz CT molecular complexity index is 454. The minimum absolute atomic E-state index is 0.0202. The highest BCUT2D eigenvalue weighted by molar-refractivity contribution is 7.99. The van der Waals surface area contributed by atoms with Gasteiger partial charge in [0.25, 0.3) is 0 Å². The smallest absolute Gasteiger partial charge is 0.368 e. The minimum Gasteiger partial charge on any atom is -0.368 e. The maximum absolute atomic E-state index is 12.5. The van der Waals surface area contributed by atoms with E-state index in [1.807, 2.05) is 19.2 Å². The normalized spacial score (nSPS) is 12.9. The Hall–Kier alpha value is -1.42. The van der Waals surface area contributed by atoms with Gasteiger partial charge in [0.2, 0.25) is 0 Å². The van der Waals surface area contributed by atoms with E-state index in [4.69, 9.17) is 5.26 Å². The summed E-state index contributed by atoms with van der Waals surface area (Å²) in [6, 6.07) is 3.75. The molecule has 0 saturated carbocycles. The van der Waals surface area contributed by atoms with Crippen LogP contribution >= 0.6 is 11.8 Å². The van der Waals surface area contributed by atoms with Gasteiger partial charge in [0.1, 0.15) is 17.6 Å². The first-order valence-corrected chi connectivity index (χ1v) is 6.42. The van der Waals surface area contributed by atoms with Crippen LogP contribution < -0.4 is 5.32 Å². The van der Waals surface area contributed by atoms with E-state index in [0.717, 1.165) is 12.1 Å². The lowest BCUT2D eigenvalue weighted by Gasteiger charge is -2.13. The fourth-order valence-electron chi connectivity index (χ4n) is 1.17. The molecule has 1 heterocycles. The minimum atomic E-state index is -4.50. The predicted molar refractivity (Wildman–Crippen MR) is 65.4 cm³/mol. The van der Waals surface area contributed by atoms with Crippen LogP contribution in [0.1, 0.15) is 18.2 Å². The third-order valence-electron chi connectivity index (χ3n) is 2.27. The molecular formula is C11H12F3N3S. The summed E-state index contributed by atoms with van der Waals surface area (Å²) in [7, 11) is 0. The summed E-state index contributed by atoms with van der Waals surface area (Å²) in [4.78, 5) is 3.45. The maximum atomic E-state index is 12.5. The fraction of sp³-hybridized carbons (Fsp3) is 0.455. The van der Waals surface area contributed by atoms with Crippen LogP contribution in [0.4, 0.5) is 19.0 Å². The number of nitriles is 1. The number of pyridine rings is 1. The van der Waals surface area contributed by atoms with Crippen molar-refractivity contribution in [2.75, 3.05) is 18.1 Å². The SMILES string of the molecule is CSC(C)CNc1nc(C(F)(F)F)ccc1C#N. The van der Waals surface area contributed by atoms with Gasteiger partial charge in [-0.3, -0.25) is 0 Å². The number of nitrogens with zero attached hydrogens (tertiary/aromatic N) is 2. The van der Waals surface area contributed by atoms with Gasteiger partial charge in [-0.2, -0.15) is 30.2 Å². The van der Waals surface area contributed by atoms with Crippen LogP contribution in [0, 0.1) is 11.3 Å². The van der Waals surface area contributed by atoms with Gasteiger partial charge in [-0.05, 0) is 18.4 Å². The number of hydrogen-bond donors (Lipinski definition) is 1. The zero-order chi connectivity index (χ0) is 13.8. The summed E-state index contributed by atoms with van der Waals surface area (Å²) in [6.45, 7) is 2.38. The summed E-state index contributed by atoms with van der Waals surface area (Å²) in [5, 5.41) is 11.8. The molecule has 7 heteroatoms. The zero-order valence-electron chi connectivity index (χ0n) is 9.88. The lowest BCUT2D eigenvalue weighted by Crippen LogP contribution is -2.16. The summed E-state index contributed by atoms with van der Waals surface area (Å²) in [5.74, 6) is -0.0202. The van der Waals surface area contributed by atoms with Gasteiger partial charge in [0.15, 0.2) is 0 Å². The van der Waals surface area contributed by atoms with E-state index in [2.05, 4.69) is 10.3 Å². The topological polar surface area (TPSA) is 48.7 Å². The van der Waals surface area contributed by atoms with Gasteiger partial charge in [-0.1, -0.05) is 6.92 Å². The molecule has 3 nitrogen and oxygen atoms in total. The van der Waals surface area contributed by atoms with Crippen LogP contribution in [-0.2, 0) is 6.18 Å². The molecule has 0 aliphatic heterocycles. The molecule has 18 heavy (non-hydrogen) atoms. The largest absolute Gasteiger partial charge is 0.433 e. The number of thioether (sulfide) groups is 1. The first-order chi connectivity index (χ1) is 8.38. The van der Waals surface area contributed by atoms with Crippen LogP contribution in [-0.4, -0.2) is 23.0 Å². The number of aromatic nitrogens is 1. The van der Waals surface area contributed by atoms with Crippen molar-refractivity contribution in [1.29, 1.82) is 5.26 Å². The van der Waals surface area contributed by atoms with E-state index in [1.165, 1.54) is 0 Å². The Morgan fingerprint density at radius 3 is 2.67 bits per heavy atom. The molecule has 0 spiro atoms. The van der Waals surface area contributed by atoms with Crippen LogP contribution in [0.5, 0.6) is 0 Å². The monoisotopic (exact) mass is 275 g/mol. The molecule has 1 aromatic heterocycles. The molecule has 1 atom stereocenters. The number of rotatable bonds is 4. The maximum Gasteiger partial charge on any atom is 0.433 e. The Morgan fingerprint density at radius 2 is 2.17 bits per heavy atom. The van der Waals surface area contributed by atoms with Crippen LogP contribution in [0.2, 0.25) is 0 Å². The van der Waals surface area contributed by atoms with Crippen molar-refractivity contribution in [3.63, 3.8) is 0 Å². The molecule has 0 aromatic carbocycles. The van der Waals surface area contributed by atoms with Gasteiger partial charge in [0.05, 0.1) is 5.56 Å². The van der Waals surface area contributed by atoms with Crippen molar-refractivity contribution >= 4 is 17.6 Å². The lowest BCUT2D eigenvalue weighted by molar-refractivity contribution is -0.141. The van der Waals surface area contributed by atoms with Gasteiger partial charge in [-0.25, -0.2) is 4.98 Å². The van der Waals surface area contributed by atoms with Gasteiger partial charge in [-0.15, -0.1) is 0 Å². The average Bonchev–Trinajstić information content (AvgIpc) is 2.34. The van der Waals surface area contributed by atoms with E-state index in [0.29, 0.717) is 6.54 Å². The first kappa shape index (κ1) is 14.6. The Kier molecular flexibility index (Phi) is 4.84. The van der Waals surface area contributed by atoms with Gasteiger partial charge >= 0.3 is 6.18 Å². The predicted octanol–water partition coefficient (Wildman–Crippen LogP) is 3.14. The molecule has 0 saturated heterocycles. The van der Waals surface area contributed by atoms with Gasteiger partial charge in [0, 0.05) is 11.8 Å². The summed E-state index contributed by atoms with van der Waals surface area (Å²) in [5.41, 5.74) is -0.892. The molecule has 1 rings (SSSR count). The van der Waals surface area contributed by atoms with E-state index < -0.39 is 11.9 Å². The molecular weight excluding hydrogens is 263 g/mol. The second-order valence-electron chi connectivity index (χ2n) is 3.63. The van der Waals surface area contributed by atoms with Crippen molar-refractivity contribution in [2.45, 2.75) is 18.3 Å². The van der Waals surface area contributed by atoms with Crippen molar-refractivity contribution in [1.82, 2.24) is 4.98 Å². The molecule has 1 unspecified atom stereocenters. The summed E-state index contributed by atoms with van der Waals surface area (Å²) < 4.78 is 37.5. The number of alkyl halides is 3. The van der Waals surface area contributed by atoms with E-state index in [-0.39, 0.29) is 16.6 Å². The molecule has 98 valence electrons. The van der Waals surface area contributed by atoms with Crippen molar-refractivity contribution < 1.29 is 13.2 Å². The number of nitrogens with one attached hydrogen (secondary N) is 1. The Labute approximate surface area is 107 Å². The van der Waals surface area contributed by atoms with E-state index in [1.54, 1.807) is 11.8 Å². The second-order valence-corrected chi connectivity index (χ2v) is 4.91. The second kappa shape index (κ2) is 5.96. The molecule has 1 N–H and O–H groups in total. The zero-order valence-corrected chi connectivity index (χ0v) is 10.7. The quantitative estimate of drug-likeness (QED) is 0.917. The highest BCUT2D eigenvalue weighted by Crippen LogP contribution is 2.29. The number of hydrogen-bond acceptors (Lipinski definition) is 4. The lowest BCUT2D eigenvalue weighted by atomic mass is 10.2. The third-order valence-corrected chi connectivity index (χ3v) is 3.24. The van der Waals surface area contributed by atoms with Crippen LogP contribution in [0.25, 0.3) is 0 Å².